The molecule has 1 saturated carbocycles. The summed E-state index contributed by atoms with van der Waals surface area (Å²) in [6.07, 6.45) is 2.28. The summed E-state index contributed by atoms with van der Waals surface area (Å²) in [6.45, 7) is 0.466. The van der Waals surface area contributed by atoms with Crippen LogP contribution >= 0.6 is 0 Å². The predicted octanol–water partition coefficient (Wildman–Crippen LogP) is 1.20. The van der Waals surface area contributed by atoms with E-state index in [0.29, 0.717) is 29.8 Å². The smallest absolute Gasteiger partial charge is 0.233 e. The minimum Gasteiger partial charge on any atom is -0.493 e. The van der Waals surface area contributed by atoms with Gasteiger partial charge in [-0.2, -0.15) is 0 Å². The van der Waals surface area contributed by atoms with Crippen LogP contribution in [0, 0.1) is 0 Å². The van der Waals surface area contributed by atoms with Gasteiger partial charge in [0.05, 0.1) is 25.7 Å². The highest BCUT2D eigenvalue weighted by atomic mass is 32.2. The van der Waals surface area contributed by atoms with E-state index in [4.69, 9.17) is 9.47 Å². The van der Waals surface area contributed by atoms with Gasteiger partial charge >= 0.3 is 0 Å². The lowest BCUT2D eigenvalue weighted by atomic mass is 10.3. The van der Waals surface area contributed by atoms with Gasteiger partial charge in [-0.3, -0.25) is 4.72 Å². The molecule has 1 aromatic rings. The van der Waals surface area contributed by atoms with E-state index in [9.17, 15) is 8.42 Å². The molecule has 0 bridgehead atoms. The Hall–Kier alpha value is -1.47. The molecule has 0 heterocycles. The number of rotatable bonds is 8. The number of sulfonamides is 1. The largest absolute Gasteiger partial charge is 0.493 e. The van der Waals surface area contributed by atoms with E-state index in [2.05, 4.69) is 10.0 Å². The van der Waals surface area contributed by atoms with E-state index >= 15 is 0 Å². The molecule has 2 rings (SSSR count). The van der Waals surface area contributed by atoms with Crippen molar-refractivity contribution in [1.29, 1.82) is 0 Å². The molecule has 1 aliphatic carbocycles. The van der Waals surface area contributed by atoms with E-state index in [1.165, 1.54) is 14.2 Å². The fraction of sp³-hybridized carbons (Fsp3) is 0.538. The van der Waals surface area contributed by atoms with Crippen molar-refractivity contribution < 1.29 is 17.9 Å². The standard InChI is InChI=1S/C13H20N2O4S/c1-18-12-6-5-11(9-13(12)19-2)15-20(16,17)8-7-14-10-3-4-10/h5-6,9-10,14-15H,3-4,7-8H2,1-2H3. The van der Waals surface area contributed by atoms with Crippen LogP contribution in [0.3, 0.4) is 0 Å². The third kappa shape index (κ3) is 4.28. The zero-order valence-corrected chi connectivity index (χ0v) is 12.5. The van der Waals surface area contributed by atoms with E-state index in [-0.39, 0.29) is 5.75 Å². The van der Waals surface area contributed by atoms with Crippen LogP contribution in [0.2, 0.25) is 0 Å². The maximum atomic E-state index is 11.9. The number of nitrogens with one attached hydrogen (secondary N) is 2. The van der Waals surface area contributed by atoms with Crippen LogP contribution in [0.1, 0.15) is 12.8 Å². The van der Waals surface area contributed by atoms with Crippen molar-refractivity contribution in [1.82, 2.24) is 5.32 Å². The van der Waals surface area contributed by atoms with E-state index in [1.807, 2.05) is 0 Å². The van der Waals surface area contributed by atoms with Crippen molar-refractivity contribution in [3.63, 3.8) is 0 Å². The molecule has 20 heavy (non-hydrogen) atoms. The summed E-state index contributed by atoms with van der Waals surface area (Å²) < 4.78 is 36.6. The summed E-state index contributed by atoms with van der Waals surface area (Å²) in [5, 5.41) is 3.18. The molecule has 0 aliphatic heterocycles. The van der Waals surface area contributed by atoms with Crippen LogP contribution in [0.4, 0.5) is 5.69 Å². The van der Waals surface area contributed by atoms with Gasteiger partial charge in [0.2, 0.25) is 10.0 Å². The third-order valence-electron chi connectivity index (χ3n) is 3.04. The summed E-state index contributed by atoms with van der Waals surface area (Å²) in [6, 6.07) is 5.42. The summed E-state index contributed by atoms with van der Waals surface area (Å²) in [5.74, 6) is 1.10. The molecule has 2 N–H and O–H groups in total. The number of hydrogen-bond acceptors (Lipinski definition) is 5. The van der Waals surface area contributed by atoms with Gasteiger partial charge in [0.25, 0.3) is 0 Å². The lowest BCUT2D eigenvalue weighted by molar-refractivity contribution is 0.355. The van der Waals surface area contributed by atoms with E-state index in [1.54, 1.807) is 18.2 Å². The van der Waals surface area contributed by atoms with Gasteiger partial charge in [-0.15, -0.1) is 0 Å². The Morgan fingerprint density at radius 3 is 2.50 bits per heavy atom. The molecule has 0 aromatic heterocycles. The summed E-state index contributed by atoms with van der Waals surface area (Å²) in [4.78, 5) is 0. The monoisotopic (exact) mass is 300 g/mol. The number of anilines is 1. The first-order valence-corrected chi connectivity index (χ1v) is 8.15. The predicted molar refractivity (Wildman–Crippen MR) is 78.0 cm³/mol. The second-order valence-corrected chi connectivity index (χ2v) is 6.56. The summed E-state index contributed by atoms with van der Waals surface area (Å²) >= 11 is 0. The fourth-order valence-corrected chi connectivity index (χ4v) is 2.79. The zero-order chi connectivity index (χ0) is 14.6. The Balaban J connectivity index is 1.96. The van der Waals surface area contributed by atoms with E-state index in [0.717, 1.165) is 12.8 Å². The highest BCUT2D eigenvalue weighted by Crippen LogP contribution is 2.30. The molecule has 0 spiro atoms. The minimum atomic E-state index is -3.36. The number of methoxy groups -OCH3 is 2. The Bertz CT molecular complexity index is 555. The van der Waals surface area contributed by atoms with Gasteiger partial charge in [-0.1, -0.05) is 0 Å². The van der Waals surface area contributed by atoms with Crippen LogP contribution in [-0.4, -0.2) is 41.0 Å². The Morgan fingerprint density at radius 1 is 1.20 bits per heavy atom. The second-order valence-electron chi connectivity index (χ2n) is 4.72. The summed E-state index contributed by atoms with van der Waals surface area (Å²) in [5.41, 5.74) is 0.467. The molecule has 0 atom stereocenters. The van der Waals surface area contributed by atoms with Gasteiger partial charge in [0, 0.05) is 18.7 Å². The number of benzene rings is 1. The Labute approximate surface area is 119 Å². The normalized spacial score (nSPS) is 14.9. The van der Waals surface area contributed by atoms with Crippen LogP contribution in [0.25, 0.3) is 0 Å². The number of ether oxygens (including phenoxy) is 2. The van der Waals surface area contributed by atoms with E-state index < -0.39 is 10.0 Å². The first-order chi connectivity index (χ1) is 9.54. The first-order valence-electron chi connectivity index (χ1n) is 6.50. The van der Waals surface area contributed by atoms with Crippen molar-refractivity contribution >= 4 is 15.7 Å². The molecule has 0 radical (unpaired) electrons. The van der Waals surface area contributed by atoms with Crippen molar-refractivity contribution in [2.24, 2.45) is 0 Å². The average Bonchev–Trinajstić information content (AvgIpc) is 3.22. The van der Waals surface area contributed by atoms with Crippen LogP contribution in [0.15, 0.2) is 18.2 Å². The zero-order valence-electron chi connectivity index (χ0n) is 11.7. The maximum absolute atomic E-state index is 11.9. The van der Waals surface area contributed by atoms with Gasteiger partial charge in [0.15, 0.2) is 11.5 Å². The molecule has 112 valence electrons. The minimum absolute atomic E-state index is 0.0534. The van der Waals surface area contributed by atoms with Crippen molar-refractivity contribution in [3.8, 4) is 11.5 Å². The maximum Gasteiger partial charge on any atom is 0.233 e. The first kappa shape index (κ1) is 14.9. The molecule has 1 fully saturated rings. The SMILES string of the molecule is COc1ccc(NS(=O)(=O)CCNC2CC2)cc1OC. The van der Waals surface area contributed by atoms with Gasteiger partial charge in [-0.25, -0.2) is 8.42 Å². The lowest BCUT2D eigenvalue weighted by Crippen LogP contribution is -2.28. The quantitative estimate of drug-likeness (QED) is 0.754. The van der Waals surface area contributed by atoms with Crippen LogP contribution in [0.5, 0.6) is 11.5 Å². The summed E-state index contributed by atoms with van der Waals surface area (Å²) in [7, 11) is -0.313. The van der Waals surface area contributed by atoms with Crippen LogP contribution < -0.4 is 19.5 Å². The molecule has 0 unspecified atom stereocenters. The molecule has 6 nitrogen and oxygen atoms in total. The van der Waals surface area contributed by atoms with Crippen molar-refractivity contribution in [2.75, 3.05) is 31.2 Å². The molecule has 7 heteroatoms. The molecular formula is C13H20N2O4S. The van der Waals surface area contributed by atoms with Gasteiger partial charge in [0.1, 0.15) is 0 Å². The molecule has 0 amide bonds. The molecule has 1 aliphatic rings. The molecule has 1 aromatic carbocycles. The number of hydrogen-bond donors (Lipinski definition) is 2. The highest BCUT2D eigenvalue weighted by Gasteiger charge is 2.21. The Morgan fingerprint density at radius 2 is 1.90 bits per heavy atom. The Kier molecular flexibility index (Phi) is 4.72. The van der Waals surface area contributed by atoms with Crippen molar-refractivity contribution in [2.45, 2.75) is 18.9 Å². The molecular weight excluding hydrogens is 280 g/mol. The third-order valence-corrected chi connectivity index (χ3v) is 4.33. The van der Waals surface area contributed by atoms with Crippen molar-refractivity contribution in [3.05, 3.63) is 18.2 Å². The lowest BCUT2D eigenvalue weighted by Gasteiger charge is -2.12. The topological polar surface area (TPSA) is 76.7 Å². The van der Waals surface area contributed by atoms with Gasteiger partial charge in [-0.05, 0) is 25.0 Å². The second kappa shape index (κ2) is 6.32. The highest BCUT2D eigenvalue weighted by molar-refractivity contribution is 7.92. The average molecular weight is 300 g/mol. The van der Waals surface area contributed by atoms with Gasteiger partial charge < -0.3 is 14.8 Å². The van der Waals surface area contributed by atoms with Crippen LogP contribution in [-0.2, 0) is 10.0 Å². The fourth-order valence-electron chi connectivity index (χ4n) is 1.82. The molecule has 0 saturated heterocycles.